The largest absolute Gasteiger partial charge is 0.325 e. The van der Waals surface area contributed by atoms with E-state index in [0.29, 0.717) is 27.3 Å². The summed E-state index contributed by atoms with van der Waals surface area (Å²) in [6.45, 7) is 3.60. The molecule has 1 heterocycles. The summed E-state index contributed by atoms with van der Waals surface area (Å²) in [5.74, 6) is -0.154. The van der Waals surface area contributed by atoms with Gasteiger partial charge in [-0.25, -0.2) is 4.57 Å². The van der Waals surface area contributed by atoms with Crippen LogP contribution in [-0.4, -0.2) is 32.3 Å². The highest BCUT2D eigenvalue weighted by Crippen LogP contribution is 2.30. The normalized spacial score (nSPS) is 10.9. The van der Waals surface area contributed by atoms with Crippen molar-refractivity contribution in [3.63, 3.8) is 0 Å². The Morgan fingerprint density at radius 3 is 2.43 bits per heavy atom. The summed E-state index contributed by atoms with van der Waals surface area (Å²) in [5, 5.41) is 11.9. The number of carbonyl (C=O) groups is 2. The van der Waals surface area contributed by atoms with Gasteiger partial charge in [0.2, 0.25) is 11.8 Å². The van der Waals surface area contributed by atoms with E-state index < -0.39 is 0 Å². The van der Waals surface area contributed by atoms with E-state index in [0.717, 1.165) is 11.8 Å². The van der Waals surface area contributed by atoms with Crippen molar-refractivity contribution in [2.75, 3.05) is 11.1 Å². The molecular formula is C20H19ClN4O2S. The summed E-state index contributed by atoms with van der Waals surface area (Å²) in [6, 6.07) is 16.3. The molecule has 0 bridgehead atoms. The molecular weight excluding hydrogens is 396 g/mol. The lowest BCUT2D eigenvalue weighted by molar-refractivity contribution is -0.113. The van der Waals surface area contributed by atoms with Gasteiger partial charge in [0.05, 0.1) is 10.8 Å². The number of carbonyl (C=O) groups excluding carboxylic acids is 2. The van der Waals surface area contributed by atoms with Crippen LogP contribution in [0.15, 0.2) is 59.8 Å². The van der Waals surface area contributed by atoms with Crippen LogP contribution in [0, 0.1) is 5.92 Å². The molecule has 0 radical (unpaired) electrons. The average Bonchev–Trinajstić information content (AvgIpc) is 3.10. The third-order valence-electron chi connectivity index (χ3n) is 3.85. The van der Waals surface area contributed by atoms with Crippen molar-refractivity contribution >= 4 is 40.9 Å². The second kappa shape index (κ2) is 9.03. The molecule has 3 rings (SSSR count). The predicted octanol–water partition coefficient (Wildman–Crippen LogP) is 4.63. The molecule has 0 spiro atoms. The zero-order chi connectivity index (χ0) is 20.1. The second-order valence-electron chi connectivity index (χ2n) is 6.32. The molecule has 1 amide bonds. The van der Waals surface area contributed by atoms with Gasteiger partial charge in [0.1, 0.15) is 0 Å². The Morgan fingerprint density at radius 2 is 1.75 bits per heavy atom. The molecule has 0 saturated carbocycles. The van der Waals surface area contributed by atoms with E-state index in [2.05, 4.69) is 15.5 Å². The van der Waals surface area contributed by atoms with Crippen LogP contribution in [-0.2, 0) is 4.79 Å². The van der Waals surface area contributed by atoms with Gasteiger partial charge in [-0.2, -0.15) is 0 Å². The fourth-order valence-electron chi connectivity index (χ4n) is 2.49. The van der Waals surface area contributed by atoms with Crippen LogP contribution in [0.1, 0.15) is 18.6 Å². The number of nitrogens with zero attached hydrogens (tertiary/aromatic N) is 3. The van der Waals surface area contributed by atoms with Crippen molar-refractivity contribution < 1.29 is 9.59 Å². The number of thioether (sulfide) groups is 1. The number of rotatable bonds is 6. The Bertz CT molecular complexity index is 989. The standard InChI is InChI=1S/C20H19ClN4O2S/c1-13(2)19(27)25-18(15-10-6-7-11-16(15)21)23-24-20(25)28-12-17(26)22-14-8-4-3-5-9-14/h3-11,13H,12H2,1-2H3,(H,22,26). The lowest BCUT2D eigenvalue weighted by Crippen LogP contribution is -2.20. The van der Waals surface area contributed by atoms with E-state index in [4.69, 9.17) is 11.6 Å². The molecule has 0 atom stereocenters. The highest BCUT2D eigenvalue weighted by molar-refractivity contribution is 7.99. The van der Waals surface area contributed by atoms with Crippen LogP contribution < -0.4 is 5.32 Å². The molecule has 1 aromatic heterocycles. The van der Waals surface area contributed by atoms with Gasteiger partial charge < -0.3 is 5.32 Å². The number of hydrogen-bond donors (Lipinski definition) is 1. The van der Waals surface area contributed by atoms with E-state index >= 15 is 0 Å². The first-order valence-corrected chi connectivity index (χ1v) is 10.1. The maximum atomic E-state index is 12.8. The first kappa shape index (κ1) is 20.1. The molecule has 0 saturated heterocycles. The summed E-state index contributed by atoms with van der Waals surface area (Å²) >= 11 is 7.43. The van der Waals surface area contributed by atoms with Crippen LogP contribution >= 0.6 is 23.4 Å². The average molecular weight is 415 g/mol. The van der Waals surface area contributed by atoms with Gasteiger partial charge in [0.15, 0.2) is 11.0 Å². The number of halogens is 1. The number of benzene rings is 2. The number of amides is 1. The van der Waals surface area contributed by atoms with Gasteiger partial charge >= 0.3 is 0 Å². The van der Waals surface area contributed by atoms with Gasteiger partial charge in [0, 0.05) is 17.2 Å². The minimum absolute atomic E-state index is 0.0981. The summed E-state index contributed by atoms with van der Waals surface area (Å²) < 4.78 is 1.44. The van der Waals surface area contributed by atoms with Gasteiger partial charge in [-0.3, -0.25) is 9.59 Å². The molecule has 0 aliphatic heterocycles. The quantitative estimate of drug-likeness (QED) is 0.595. The Hall–Kier alpha value is -2.64. The topological polar surface area (TPSA) is 76.9 Å². The van der Waals surface area contributed by atoms with E-state index in [1.54, 1.807) is 32.0 Å². The third-order valence-corrected chi connectivity index (χ3v) is 5.11. The van der Waals surface area contributed by atoms with Crippen LogP contribution in [0.5, 0.6) is 0 Å². The summed E-state index contributed by atoms with van der Waals surface area (Å²) in [4.78, 5) is 25.0. The Balaban J connectivity index is 1.84. The molecule has 6 nitrogen and oxygen atoms in total. The molecule has 0 aliphatic carbocycles. The van der Waals surface area contributed by atoms with Crippen LogP contribution in [0.4, 0.5) is 5.69 Å². The fraction of sp³-hybridized carbons (Fsp3) is 0.200. The van der Waals surface area contributed by atoms with E-state index in [9.17, 15) is 9.59 Å². The summed E-state index contributed by atoms with van der Waals surface area (Å²) in [5.41, 5.74) is 1.33. The number of nitrogens with one attached hydrogen (secondary N) is 1. The molecule has 144 valence electrons. The smallest absolute Gasteiger partial charge is 0.237 e. The predicted molar refractivity (Wildman–Crippen MR) is 112 cm³/mol. The van der Waals surface area contributed by atoms with Gasteiger partial charge in [-0.15, -0.1) is 10.2 Å². The number of hydrogen-bond acceptors (Lipinski definition) is 5. The van der Waals surface area contributed by atoms with Crippen molar-refractivity contribution in [3.8, 4) is 11.4 Å². The number of anilines is 1. The van der Waals surface area contributed by atoms with Gasteiger partial charge in [-0.1, -0.05) is 67.5 Å². The van der Waals surface area contributed by atoms with Gasteiger partial charge in [0.25, 0.3) is 0 Å². The molecule has 0 fully saturated rings. The SMILES string of the molecule is CC(C)C(=O)n1c(SCC(=O)Nc2ccccc2)nnc1-c1ccccc1Cl. The monoisotopic (exact) mass is 414 g/mol. The minimum Gasteiger partial charge on any atom is -0.325 e. The molecule has 3 aromatic rings. The van der Waals surface area contributed by atoms with Crippen LogP contribution in [0.25, 0.3) is 11.4 Å². The fourth-order valence-corrected chi connectivity index (χ4v) is 3.44. The Morgan fingerprint density at radius 1 is 1.07 bits per heavy atom. The van der Waals surface area contributed by atoms with E-state index in [-0.39, 0.29) is 23.5 Å². The molecule has 0 aliphatic rings. The highest BCUT2D eigenvalue weighted by atomic mass is 35.5. The maximum Gasteiger partial charge on any atom is 0.237 e. The van der Waals surface area contributed by atoms with Gasteiger partial charge in [-0.05, 0) is 24.3 Å². The van der Waals surface area contributed by atoms with Crippen LogP contribution in [0.3, 0.4) is 0 Å². The van der Waals surface area contributed by atoms with E-state index in [1.165, 1.54) is 4.57 Å². The van der Waals surface area contributed by atoms with Crippen molar-refractivity contribution in [2.45, 2.75) is 19.0 Å². The molecule has 1 N–H and O–H groups in total. The summed E-state index contributed by atoms with van der Waals surface area (Å²) in [7, 11) is 0. The second-order valence-corrected chi connectivity index (χ2v) is 7.67. The maximum absolute atomic E-state index is 12.8. The molecule has 28 heavy (non-hydrogen) atoms. The zero-order valence-electron chi connectivity index (χ0n) is 15.4. The van der Waals surface area contributed by atoms with E-state index in [1.807, 2.05) is 36.4 Å². The molecule has 0 unspecified atom stereocenters. The lowest BCUT2D eigenvalue weighted by Gasteiger charge is -2.12. The first-order chi connectivity index (χ1) is 13.5. The minimum atomic E-state index is -0.269. The first-order valence-electron chi connectivity index (χ1n) is 8.69. The Kier molecular flexibility index (Phi) is 6.49. The molecule has 2 aromatic carbocycles. The Labute approximate surface area is 172 Å². The number of para-hydroxylation sites is 1. The van der Waals surface area contributed by atoms with Crippen molar-refractivity contribution in [3.05, 3.63) is 59.6 Å². The third kappa shape index (κ3) is 4.61. The number of aromatic nitrogens is 3. The zero-order valence-corrected chi connectivity index (χ0v) is 17.0. The van der Waals surface area contributed by atoms with Crippen molar-refractivity contribution in [2.24, 2.45) is 5.92 Å². The molecule has 8 heteroatoms. The van der Waals surface area contributed by atoms with Crippen molar-refractivity contribution in [1.29, 1.82) is 0 Å². The van der Waals surface area contributed by atoms with Crippen molar-refractivity contribution in [1.82, 2.24) is 14.8 Å². The van der Waals surface area contributed by atoms with Crippen LogP contribution in [0.2, 0.25) is 5.02 Å². The summed E-state index contributed by atoms with van der Waals surface area (Å²) in [6.07, 6.45) is 0. The lowest BCUT2D eigenvalue weighted by atomic mass is 10.2. The highest BCUT2D eigenvalue weighted by Gasteiger charge is 2.24.